The number of benzene rings is 2. The van der Waals surface area contributed by atoms with E-state index in [2.05, 4.69) is 10.6 Å². The number of halogens is 1. The molecule has 2 aromatic carbocycles. The predicted octanol–water partition coefficient (Wildman–Crippen LogP) is 3.97. The topological polar surface area (TPSA) is 92.3 Å². The maximum Gasteiger partial charge on any atom is 0.225 e. The Balaban J connectivity index is 1.73. The van der Waals surface area contributed by atoms with Crippen molar-refractivity contribution in [2.45, 2.75) is 34.8 Å². The summed E-state index contributed by atoms with van der Waals surface area (Å²) in [5.41, 5.74) is 1.04. The van der Waals surface area contributed by atoms with Gasteiger partial charge in [-0.15, -0.1) is 11.8 Å². The Kier molecular flexibility index (Phi) is 6.32. The molecule has 2 amide bonds. The zero-order valence-corrected chi connectivity index (χ0v) is 17.5. The Morgan fingerprint density at radius 1 is 1.25 bits per heavy atom. The van der Waals surface area contributed by atoms with E-state index in [1.54, 1.807) is 30.3 Å². The van der Waals surface area contributed by atoms with Gasteiger partial charge in [-0.05, 0) is 49.4 Å². The van der Waals surface area contributed by atoms with E-state index in [-0.39, 0.29) is 17.2 Å². The molecule has 1 aliphatic rings. The zero-order chi connectivity index (χ0) is 20.3. The van der Waals surface area contributed by atoms with Crippen LogP contribution in [-0.2, 0) is 19.4 Å². The Hall–Kier alpha value is -2.03. The first-order valence-electron chi connectivity index (χ1n) is 8.62. The fourth-order valence-corrected chi connectivity index (χ4v) is 5.16. The molecule has 1 heterocycles. The maximum absolute atomic E-state index is 12.9. The van der Waals surface area contributed by atoms with Crippen molar-refractivity contribution in [2.75, 3.05) is 16.4 Å². The highest BCUT2D eigenvalue weighted by Crippen LogP contribution is 2.33. The summed E-state index contributed by atoms with van der Waals surface area (Å²) < 4.78 is 25.8. The van der Waals surface area contributed by atoms with E-state index in [0.717, 1.165) is 4.90 Å². The summed E-state index contributed by atoms with van der Waals surface area (Å²) in [6, 6.07) is 11.2. The first kappa shape index (κ1) is 20.7. The molecule has 0 bridgehead atoms. The smallest absolute Gasteiger partial charge is 0.225 e. The normalized spacial score (nSPS) is 15.1. The summed E-state index contributed by atoms with van der Waals surface area (Å²) in [5, 5.41) is 5.02. The molecule has 148 valence electrons. The van der Waals surface area contributed by atoms with Crippen molar-refractivity contribution in [3.63, 3.8) is 0 Å². The summed E-state index contributed by atoms with van der Waals surface area (Å²) >= 11 is 7.31. The fraction of sp³-hybridized carbons (Fsp3) is 0.263. The molecule has 0 saturated heterocycles. The largest absolute Gasteiger partial charge is 0.326 e. The van der Waals surface area contributed by atoms with E-state index in [0.29, 0.717) is 28.6 Å². The summed E-state index contributed by atoms with van der Waals surface area (Å²) in [6.45, 7) is 1.50. The molecule has 6 nitrogen and oxygen atoms in total. The number of carbonyl (C=O) groups excluding carboxylic acids is 2. The van der Waals surface area contributed by atoms with Gasteiger partial charge in [0.15, 0.2) is 9.84 Å². The van der Waals surface area contributed by atoms with Gasteiger partial charge >= 0.3 is 0 Å². The van der Waals surface area contributed by atoms with Crippen LogP contribution in [0.5, 0.6) is 0 Å². The highest BCUT2D eigenvalue weighted by atomic mass is 35.5. The van der Waals surface area contributed by atoms with Crippen LogP contribution in [0.2, 0.25) is 5.02 Å². The SMILES string of the molecule is C[C@@H](CC(=O)Nc1ccc(Cl)cc1)S(=O)(=O)c1ccc2c(c1)NC(=O)CCS2. The lowest BCUT2D eigenvalue weighted by Gasteiger charge is -2.15. The number of rotatable bonds is 5. The number of sulfone groups is 1. The molecule has 0 saturated carbocycles. The summed E-state index contributed by atoms with van der Waals surface area (Å²) in [7, 11) is -3.74. The second kappa shape index (κ2) is 8.55. The lowest BCUT2D eigenvalue weighted by atomic mass is 10.3. The van der Waals surface area contributed by atoms with E-state index in [1.807, 2.05) is 0 Å². The van der Waals surface area contributed by atoms with E-state index >= 15 is 0 Å². The van der Waals surface area contributed by atoms with E-state index in [4.69, 9.17) is 11.6 Å². The quantitative estimate of drug-likeness (QED) is 0.736. The summed E-state index contributed by atoms with van der Waals surface area (Å²) in [5.74, 6) is 0.0971. The summed E-state index contributed by atoms with van der Waals surface area (Å²) in [6.07, 6.45) is 0.186. The third-order valence-electron chi connectivity index (χ3n) is 4.27. The average molecular weight is 439 g/mol. The van der Waals surface area contributed by atoms with E-state index < -0.39 is 21.0 Å². The van der Waals surface area contributed by atoms with E-state index in [1.165, 1.54) is 30.8 Å². The monoisotopic (exact) mass is 438 g/mol. The van der Waals surface area contributed by atoms with Crippen LogP contribution in [0.4, 0.5) is 11.4 Å². The molecule has 2 N–H and O–H groups in total. The van der Waals surface area contributed by atoms with Gasteiger partial charge in [-0.2, -0.15) is 0 Å². The second-order valence-electron chi connectivity index (χ2n) is 6.42. The zero-order valence-electron chi connectivity index (χ0n) is 15.1. The first-order chi connectivity index (χ1) is 13.3. The first-order valence-corrected chi connectivity index (χ1v) is 11.5. The van der Waals surface area contributed by atoms with Crippen LogP contribution in [0.25, 0.3) is 0 Å². The molecule has 0 aromatic heterocycles. The molecule has 0 fully saturated rings. The fourth-order valence-electron chi connectivity index (χ4n) is 2.72. The van der Waals surface area contributed by atoms with Crippen LogP contribution >= 0.6 is 23.4 Å². The van der Waals surface area contributed by atoms with Crippen molar-refractivity contribution in [2.24, 2.45) is 0 Å². The van der Waals surface area contributed by atoms with Gasteiger partial charge in [0.1, 0.15) is 0 Å². The molecule has 28 heavy (non-hydrogen) atoms. The minimum Gasteiger partial charge on any atom is -0.326 e. The number of nitrogens with one attached hydrogen (secondary N) is 2. The molecule has 2 aromatic rings. The van der Waals surface area contributed by atoms with Crippen molar-refractivity contribution in [1.82, 2.24) is 0 Å². The molecule has 3 rings (SSSR count). The lowest BCUT2D eigenvalue weighted by molar-refractivity contribution is -0.116. The number of fused-ring (bicyclic) bond motifs is 1. The minimum atomic E-state index is -3.74. The molecule has 1 aliphatic heterocycles. The highest BCUT2D eigenvalue weighted by molar-refractivity contribution is 7.99. The average Bonchev–Trinajstić information content (AvgIpc) is 2.83. The number of thioether (sulfide) groups is 1. The Morgan fingerprint density at radius 2 is 1.96 bits per heavy atom. The lowest BCUT2D eigenvalue weighted by Crippen LogP contribution is -2.25. The van der Waals surface area contributed by atoms with Crippen molar-refractivity contribution in [3.05, 3.63) is 47.5 Å². The van der Waals surface area contributed by atoms with Crippen LogP contribution in [0.15, 0.2) is 52.3 Å². The molecule has 0 unspecified atom stereocenters. The van der Waals surface area contributed by atoms with Gasteiger partial charge in [0.25, 0.3) is 0 Å². The maximum atomic E-state index is 12.9. The Bertz CT molecular complexity index is 1010. The Morgan fingerprint density at radius 3 is 2.68 bits per heavy atom. The van der Waals surface area contributed by atoms with Gasteiger partial charge in [-0.25, -0.2) is 8.42 Å². The van der Waals surface area contributed by atoms with Crippen LogP contribution in [0.3, 0.4) is 0 Å². The molecule has 1 atom stereocenters. The number of hydrogen-bond donors (Lipinski definition) is 2. The van der Waals surface area contributed by atoms with E-state index in [9.17, 15) is 18.0 Å². The molecule has 9 heteroatoms. The molecule has 0 spiro atoms. The number of anilines is 2. The third-order valence-corrected chi connectivity index (χ3v) is 7.74. The van der Waals surface area contributed by atoms with Crippen molar-refractivity contribution >= 4 is 56.4 Å². The molecular formula is C19H19ClN2O4S2. The van der Waals surface area contributed by atoms with Crippen LogP contribution < -0.4 is 10.6 Å². The molecular weight excluding hydrogens is 420 g/mol. The minimum absolute atomic E-state index is 0.0841. The van der Waals surface area contributed by atoms with Crippen molar-refractivity contribution < 1.29 is 18.0 Å². The Labute approximate surface area is 173 Å². The number of carbonyl (C=O) groups is 2. The number of amides is 2. The third kappa shape index (κ3) is 4.87. The predicted molar refractivity (Wildman–Crippen MR) is 112 cm³/mol. The van der Waals surface area contributed by atoms with Crippen LogP contribution in [0, 0.1) is 0 Å². The van der Waals surface area contributed by atoms with Crippen LogP contribution in [-0.4, -0.2) is 31.2 Å². The van der Waals surface area contributed by atoms with Crippen molar-refractivity contribution in [3.8, 4) is 0 Å². The second-order valence-corrected chi connectivity index (χ2v) is 10.4. The van der Waals surface area contributed by atoms with Gasteiger partial charge in [0, 0.05) is 34.2 Å². The van der Waals surface area contributed by atoms with Crippen molar-refractivity contribution in [1.29, 1.82) is 0 Å². The van der Waals surface area contributed by atoms with Crippen LogP contribution in [0.1, 0.15) is 19.8 Å². The number of hydrogen-bond acceptors (Lipinski definition) is 5. The molecule has 0 aliphatic carbocycles. The summed E-state index contributed by atoms with van der Waals surface area (Å²) in [4.78, 5) is 24.9. The van der Waals surface area contributed by atoms with Gasteiger partial charge in [-0.1, -0.05) is 11.6 Å². The molecule has 0 radical (unpaired) electrons. The van der Waals surface area contributed by atoms with Gasteiger partial charge in [0.05, 0.1) is 15.8 Å². The van der Waals surface area contributed by atoms with Gasteiger partial charge in [-0.3, -0.25) is 9.59 Å². The van der Waals surface area contributed by atoms with Gasteiger partial charge in [0.2, 0.25) is 11.8 Å². The standard InChI is InChI=1S/C19H19ClN2O4S2/c1-12(10-19(24)21-14-4-2-13(20)3-5-14)28(25,26)15-6-7-17-16(11-15)22-18(23)8-9-27-17/h2-7,11-12H,8-10H2,1H3,(H,21,24)(H,22,23)/t12-/m0/s1. The highest BCUT2D eigenvalue weighted by Gasteiger charge is 2.27. The van der Waals surface area contributed by atoms with Gasteiger partial charge < -0.3 is 10.6 Å².